The van der Waals surface area contributed by atoms with E-state index in [1.54, 1.807) is 12.1 Å². The van der Waals surface area contributed by atoms with Gasteiger partial charge in [0.25, 0.3) is 0 Å². The summed E-state index contributed by atoms with van der Waals surface area (Å²) in [7, 11) is 1.38. The molecule has 1 heterocycles. The summed E-state index contributed by atoms with van der Waals surface area (Å²) in [5, 5.41) is 10.6. The minimum absolute atomic E-state index is 0.0415. The lowest BCUT2D eigenvalue weighted by molar-refractivity contribution is -0.155. The Morgan fingerprint density at radius 1 is 1.07 bits per heavy atom. The van der Waals surface area contributed by atoms with Crippen LogP contribution in [0.4, 0.5) is 4.39 Å². The number of benzene rings is 1. The van der Waals surface area contributed by atoms with E-state index in [1.807, 2.05) is 4.90 Å². The first kappa shape index (κ1) is 19.8. The van der Waals surface area contributed by atoms with Crippen LogP contribution in [-0.4, -0.2) is 42.1 Å². The number of likely N-dealkylation sites (tertiary alicyclic amines) is 1. The molecule has 0 aromatic heterocycles. The monoisotopic (exact) mass is 377 g/mol. The molecular formula is C21H28FNO4. The molecule has 1 saturated heterocycles. The Kier molecular flexibility index (Phi) is 6.47. The summed E-state index contributed by atoms with van der Waals surface area (Å²) >= 11 is 0. The highest BCUT2D eigenvalue weighted by atomic mass is 19.1. The Morgan fingerprint density at radius 3 is 2.26 bits per heavy atom. The Morgan fingerprint density at radius 2 is 1.67 bits per heavy atom. The van der Waals surface area contributed by atoms with E-state index in [4.69, 9.17) is 4.74 Å². The van der Waals surface area contributed by atoms with Gasteiger partial charge in [-0.15, -0.1) is 0 Å². The van der Waals surface area contributed by atoms with Crippen LogP contribution in [0.15, 0.2) is 24.3 Å². The predicted molar refractivity (Wildman–Crippen MR) is 98.1 cm³/mol. The number of esters is 1. The smallest absolute Gasteiger partial charge is 0.309 e. The van der Waals surface area contributed by atoms with Gasteiger partial charge in [0.15, 0.2) is 0 Å². The molecule has 1 aliphatic heterocycles. The summed E-state index contributed by atoms with van der Waals surface area (Å²) in [5.74, 6) is -1.14. The lowest BCUT2D eigenvalue weighted by Crippen LogP contribution is -2.46. The summed E-state index contributed by atoms with van der Waals surface area (Å²) in [6.07, 6.45) is 4.10. The van der Waals surface area contributed by atoms with Crippen molar-refractivity contribution in [1.29, 1.82) is 0 Å². The molecule has 5 nitrogen and oxygen atoms in total. The fourth-order valence-electron chi connectivity index (χ4n) is 4.46. The first-order chi connectivity index (χ1) is 13.0. The van der Waals surface area contributed by atoms with Gasteiger partial charge in [0.1, 0.15) is 5.82 Å². The summed E-state index contributed by atoms with van der Waals surface area (Å²) in [6.45, 7) is 1.15. The quantitative estimate of drug-likeness (QED) is 0.819. The van der Waals surface area contributed by atoms with Gasteiger partial charge in [0, 0.05) is 13.1 Å². The molecule has 1 saturated carbocycles. The van der Waals surface area contributed by atoms with Crippen molar-refractivity contribution in [1.82, 2.24) is 4.90 Å². The molecule has 1 amide bonds. The van der Waals surface area contributed by atoms with Crippen LogP contribution in [0.3, 0.4) is 0 Å². The molecule has 1 aromatic rings. The highest BCUT2D eigenvalue weighted by Gasteiger charge is 2.39. The average Bonchev–Trinajstić information content (AvgIpc) is 2.73. The highest BCUT2D eigenvalue weighted by Crippen LogP contribution is 2.35. The predicted octanol–water partition coefficient (Wildman–Crippen LogP) is 3.08. The number of amides is 1. The fourth-order valence-corrected chi connectivity index (χ4v) is 4.46. The molecule has 0 spiro atoms. The van der Waals surface area contributed by atoms with Crippen LogP contribution < -0.4 is 0 Å². The van der Waals surface area contributed by atoms with Gasteiger partial charge < -0.3 is 14.7 Å². The number of hydrogen-bond acceptors (Lipinski definition) is 4. The van der Waals surface area contributed by atoms with E-state index in [0.29, 0.717) is 37.9 Å². The van der Waals surface area contributed by atoms with Crippen LogP contribution >= 0.6 is 0 Å². The molecule has 148 valence electrons. The van der Waals surface area contributed by atoms with Gasteiger partial charge in [-0.25, -0.2) is 4.39 Å². The Hall–Kier alpha value is -1.95. The minimum Gasteiger partial charge on any atom is -0.469 e. The van der Waals surface area contributed by atoms with Crippen molar-refractivity contribution in [2.45, 2.75) is 44.6 Å². The highest BCUT2D eigenvalue weighted by molar-refractivity contribution is 5.85. The van der Waals surface area contributed by atoms with Gasteiger partial charge in [-0.3, -0.25) is 9.59 Å². The average molecular weight is 377 g/mol. The largest absolute Gasteiger partial charge is 0.469 e. The number of hydrogen-bond donors (Lipinski definition) is 1. The molecular weight excluding hydrogens is 349 g/mol. The lowest BCUT2D eigenvalue weighted by Gasteiger charge is -2.38. The van der Waals surface area contributed by atoms with Gasteiger partial charge in [-0.2, -0.15) is 0 Å². The van der Waals surface area contributed by atoms with Gasteiger partial charge in [0.2, 0.25) is 5.91 Å². The first-order valence-electron chi connectivity index (χ1n) is 9.81. The fraction of sp³-hybridized carbons (Fsp3) is 0.619. The minimum atomic E-state index is -0.652. The molecule has 27 heavy (non-hydrogen) atoms. The standard InChI is InChI=1S/C21H28FNO4/c1-27-21(26)18-5-3-2-4-17(18)20(25)23-12-10-15(11-13-23)19(24)14-6-8-16(22)9-7-14/h6-9,15,17-19,24H,2-5,10-13H2,1H3. The zero-order chi connectivity index (χ0) is 19.4. The number of aliphatic hydroxyl groups is 1. The van der Waals surface area contributed by atoms with E-state index in [-0.39, 0.29) is 35.4 Å². The van der Waals surface area contributed by atoms with Crippen LogP contribution in [0, 0.1) is 23.6 Å². The zero-order valence-corrected chi connectivity index (χ0v) is 15.8. The second-order valence-electron chi connectivity index (χ2n) is 7.68. The van der Waals surface area contributed by atoms with Gasteiger partial charge in [0.05, 0.1) is 25.0 Å². The number of rotatable bonds is 4. The Labute approximate surface area is 159 Å². The van der Waals surface area contributed by atoms with Crippen LogP contribution in [0.2, 0.25) is 0 Å². The lowest BCUT2D eigenvalue weighted by atomic mass is 9.78. The summed E-state index contributed by atoms with van der Waals surface area (Å²) < 4.78 is 18.0. The summed E-state index contributed by atoms with van der Waals surface area (Å²) in [5.41, 5.74) is 0.708. The molecule has 1 aliphatic carbocycles. The molecule has 2 aliphatic rings. The van der Waals surface area contributed by atoms with E-state index in [0.717, 1.165) is 19.3 Å². The van der Waals surface area contributed by atoms with Crippen molar-refractivity contribution in [3.8, 4) is 0 Å². The molecule has 1 N–H and O–H groups in total. The molecule has 3 rings (SSSR count). The molecule has 2 fully saturated rings. The zero-order valence-electron chi connectivity index (χ0n) is 15.8. The summed E-state index contributed by atoms with van der Waals surface area (Å²) in [6, 6.07) is 5.93. The van der Waals surface area contributed by atoms with Gasteiger partial charge in [-0.05, 0) is 49.3 Å². The number of carbonyl (C=O) groups is 2. The van der Waals surface area contributed by atoms with Crippen LogP contribution in [0.5, 0.6) is 0 Å². The number of halogens is 1. The van der Waals surface area contributed by atoms with Crippen molar-refractivity contribution < 1.29 is 23.8 Å². The maximum atomic E-state index is 13.1. The van der Waals surface area contributed by atoms with E-state index in [9.17, 15) is 19.1 Å². The molecule has 3 atom stereocenters. The summed E-state index contributed by atoms with van der Waals surface area (Å²) in [4.78, 5) is 26.8. The van der Waals surface area contributed by atoms with Crippen molar-refractivity contribution in [2.24, 2.45) is 17.8 Å². The van der Waals surface area contributed by atoms with Gasteiger partial charge >= 0.3 is 5.97 Å². The number of nitrogens with zero attached hydrogens (tertiary/aromatic N) is 1. The number of ether oxygens (including phenoxy) is 1. The van der Waals surface area contributed by atoms with Crippen molar-refractivity contribution >= 4 is 11.9 Å². The third kappa shape index (κ3) is 4.49. The molecule has 3 unspecified atom stereocenters. The molecule has 0 radical (unpaired) electrons. The number of aliphatic hydroxyl groups excluding tert-OH is 1. The van der Waals surface area contributed by atoms with E-state index < -0.39 is 6.10 Å². The van der Waals surface area contributed by atoms with E-state index >= 15 is 0 Å². The first-order valence-corrected chi connectivity index (χ1v) is 9.81. The second kappa shape index (κ2) is 8.83. The second-order valence-corrected chi connectivity index (χ2v) is 7.68. The van der Waals surface area contributed by atoms with Crippen molar-refractivity contribution in [2.75, 3.05) is 20.2 Å². The Bertz CT molecular complexity index is 655. The third-order valence-electron chi connectivity index (χ3n) is 6.10. The topological polar surface area (TPSA) is 66.8 Å². The van der Waals surface area contributed by atoms with Crippen LogP contribution in [0.1, 0.15) is 50.2 Å². The number of carbonyl (C=O) groups excluding carboxylic acids is 2. The SMILES string of the molecule is COC(=O)C1CCCCC1C(=O)N1CCC(C(O)c2ccc(F)cc2)CC1. The van der Waals surface area contributed by atoms with Crippen LogP contribution in [0.25, 0.3) is 0 Å². The molecule has 1 aromatic carbocycles. The van der Waals surface area contributed by atoms with Crippen molar-refractivity contribution in [3.63, 3.8) is 0 Å². The number of methoxy groups -OCH3 is 1. The van der Waals surface area contributed by atoms with E-state index in [2.05, 4.69) is 0 Å². The van der Waals surface area contributed by atoms with Crippen molar-refractivity contribution in [3.05, 3.63) is 35.6 Å². The molecule has 0 bridgehead atoms. The molecule has 6 heteroatoms. The maximum absolute atomic E-state index is 13.1. The number of piperidine rings is 1. The normalized spacial score (nSPS) is 25.1. The van der Waals surface area contributed by atoms with Crippen LogP contribution in [-0.2, 0) is 14.3 Å². The Balaban J connectivity index is 1.58. The van der Waals surface area contributed by atoms with E-state index in [1.165, 1.54) is 19.2 Å². The third-order valence-corrected chi connectivity index (χ3v) is 6.10. The van der Waals surface area contributed by atoms with Gasteiger partial charge in [-0.1, -0.05) is 25.0 Å². The maximum Gasteiger partial charge on any atom is 0.309 e.